The van der Waals surface area contributed by atoms with Crippen LogP contribution in [0.1, 0.15) is 25.0 Å². The molecule has 1 N–H and O–H groups in total. The lowest BCUT2D eigenvalue weighted by atomic mass is 10.0. The molecule has 2 aromatic carbocycles. The highest BCUT2D eigenvalue weighted by Gasteiger charge is 2.19. The van der Waals surface area contributed by atoms with Gasteiger partial charge in [-0.05, 0) is 48.2 Å². The molecule has 0 saturated carbocycles. The largest absolute Gasteiger partial charge is 0.493 e. The van der Waals surface area contributed by atoms with E-state index in [9.17, 15) is 8.42 Å². The maximum absolute atomic E-state index is 12.1. The van der Waals surface area contributed by atoms with Crippen molar-refractivity contribution < 1.29 is 13.2 Å². The molecule has 1 aliphatic rings. The zero-order chi connectivity index (χ0) is 18.0. The summed E-state index contributed by atoms with van der Waals surface area (Å²) in [5.41, 5.74) is 4.43. The zero-order valence-corrected chi connectivity index (χ0v) is 15.6. The quantitative estimate of drug-likeness (QED) is 0.862. The first-order chi connectivity index (χ1) is 11.9. The summed E-state index contributed by atoms with van der Waals surface area (Å²) in [4.78, 5) is 0. The van der Waals surface area contributed by atoms with Gasteiger partial charge < -0.3 is 4.74 Å². The molecule has 0 saturated heterocycles. The number of nitrogens with zero attached hydrogens (tertiary/aromatic N) is 1. The Morgan fingerprint density at radius 1 is 1.12 bits per heavy atom. The Morgan fingerprint density at radius 3 is 2.48 bits per heavy atom. The Labute approximate surface area is 149 Å². The van der Waals surface area contributed by atoms with E-state index >= 15 is 0 Å². The van der Waals surface area contributed by atoms with Crippen LogP contribution in [0.15, 0.2) is 42.5 Å². The van der Waals surface area contributed by atoms with Gasteiger partial charge in [0.2, 0.25) is 0 Å². The maximum Gasteiger partial charge on any atom is 0.279 e. The molecule has 5 nitrogen and oxygen atoms in total. The zero-order valence-electron chi connectivity index (χ0n) is 14.8. The van der Waals surface area contributed by atoms with Gasteiger partial charge in [-0.25, -0.2) is 0 Å². The topological polar surface area (TPSA) is 58.6 Å². The van der Waals surface area contributed by atoms with E-state index in [0.717, 1.165) is 35.5 Å². The van der Waals surface area contributed by atoms with Crippen molar-refractivity contribution in [2.45, 2.75) is 32.9 Å². The van der Waals surface area contributed by atoms with Gasteiger partial charge in [0, 0.05) is 26.1 Å². The Balaban J connectivity index is 1.69. The third-order valence-electron chi connectivity index (χ3n) is 4.54. The number of nitrogens with one attached hydrogen (secondary N) is 1. The molecule has 2 aromatic rings. The van der Waals surface area contributed by atoms with Crippen molar-refractivity contribution in [3.8, 4) is 16.9 Å². The summed E-state index contributed by atoms with van der Waals surface area (Å²) in [6, 6.07) is 14.1. The van der Waals surface area contributed by atoms with Crippen molar-refractivity contribution >= 4 is 10.2 Å². The molecule has 0 unspecified atom stereocenters. The Morgan fingerprint density at radius 2 is 1.80 bits per heavy atom. The molecule has 0 bridgehead atoms. The van der Waals surface area contributed by atoms with Crippen molar-refractivity contribution in [2.75, 3.05) is 13.7 Å². The Bertz CT molecular complexity index is 845. The molecule has 25 heavy (non-hydrogen) atoms. The Kier molecular flexibility index (Phi) is 5.13. The highest BCUT2D eigenvalue weighted by molar-refractivity contribution is 7.87. The lowest BCUT2D eigenvalue weighted by molar-refractivity contribution is 0.357. The molecule has 0 amide bonds. The van der Waals surface area contributed by atoms with Crippen LogP contribution in [0.2, 0.25) is 0 Å². The summed E-state index contributed by atoms with van der Waals surface area (Å²) >= 11 is 0. The third-order valence-corrected chi connectivity index (χ3v) is 6.23. The molecule has 1 heterocycles. The van der Waals surface area contributed by atoms with Gasteiger partial charge in [-0.1, -0.05) is 30.3 Å². The van der Waals surface area contributed by atoms with E-state index in [0.29, 0.717) is 0 Å². The molecule has 1 aliphatic heterocycles. The van der Waals surface area contributed by atoms with Gasteiger partial charge in [-0.2, -0.15) is 17.4 Å². The minimum absolute atomic E-state index is 0.0799. The first-order valence-corrected chi connectivity index (χ1v) is 9.88. The lowest BCUT2D eigenvalue weighted by Crippen LogP contribution is -2.41. The van der Waals surface area contributed by atoms with Crippen molar-refractivity contribution in [1.82, 2.24) is 9.03 Å². The van der Waals surface area contributed by atoms with Crippen LogP contribution in [0.25, 0.3) is 11.1 Å². The van der Waals surface area contributed by atoms with Gasteiger partial charge in [-0.15, -0.1) is 0 Å². The van der Waals surface area contributed by atoms with Crippen LogP contribution in [0, 0.1) is 0 Å². The van der Waals surface area contributed by atoms with E-state index in [2.05, 4.69) is 16.9 Å². The molecule has 0 atom stereocenters. The average Bonchev–Trinajstić information content (AvgIpc) is 3.07. The Hall–Kier alpha value is -1.89. The van der Waals surface area contributed by atoms with Crippen molar-refractivity contribution in [3.63, 3.8) is 0 Å². The fraction of sp³-hybridized carbons (Fsp3) is 0.368. The van der Waals surface area contributed by atoms with Gasteiger partial charge in [0.25, 0.3) is 10.2 Å². The molecule has 134 valence electrons. The lowest BCUT2D eigenvalue weighted by Gasteiger charge is -2.21. The number of hydrogen-bond donors (Lipinski definition) is 1. The summed E-state index contributed by atoms with van der Waals surface area (Å²) in [5, 5.41) is 0. The van der Waals surface area contributed by atoms with Crippen LogP contribution in [0.3, 0.4) is 0 Å². The summed E-state index contributed by atoms with van der Waals surface area (Å²) in [6.45, 7) is 4.71. The predicted molar refractivity (Wildman–Crippen MR) is 99.7 cm³/mol. The van der Waals surface area contributed by atoms with Gasteiger partial charge in [-0.3, -0.25) is 0 Å². The smallest absolute Gasteiger partial charge is 0.279 e. The fourth-order valence-corrected chi connectivity index (χ4v) is 3.84. The molecular weight excluding hydrogens is 336 g/mol. The van der Waals surface area contributed by atoms with Crippen LogP contribution in [0.4, 0.5) is 0 Å². The predicted octanol–water partition coefficient (Wildman–Crippen LogP) is 2.96. The van der Waals surface area contributed by atoms with Crippen molar-refractivity contribution in [3.05, 3.63) is 53.6 Å². The maximum atomic E-state index is 12.1. The van der Waals surface area contributed by atoms with E-state index in [1.165, 1.54) is 9.87 Å². The number of ether oxygens (including phenoxy) is 1. The second-order valence-corrected chi connectivity index (χ2v) is 8.37. The highest BCUT2D eigenvalue weighted by Crippen LogP contribution is 2.30. The van der Waals surface area contributed by atoms with Crippen LogP contribution >= 0.6 is 0 Å². The summed E-state index contributed by atoms with van der Waals surface area (Å²) in [6.07, 6.45) is 0.951. The number of rotatable bonds is 6. The second kappa shape index (κ2) is 7.15. The third kappa shape index (κ3) is 4.03. The van der Waals surface area contributed by atoms with Crippen LogP contribution in [-0.4, -0.2) is 32.4 Å². The summed E-state index contributed by atoms with van der Waals surface area (Å²) < 4.78 is 33.8. The fourth-order valence-electron chi connectivity index (χ4n) is 2.74. The molecular formula is C19H24N2O3S. The van der Waals surface area contributed by atoms with E-state index in [1.807, 2.05) is 44.2 Å². The molecule has 0 fully saturated rings. The SMILES string of the molecule is CC(C)N(C)S(=O)(=O)NCc1ccc(-c2ccc3c(c2)CCO3)cc1. The first kappa shape index (κ1) is 17.9. The second-order valence-electron chi connectivity index (χ2n) is 6.55. The molecule has 0 aromatic heterocycles. The molecule has 3 rings (SSSR count). The highest BCUT2D eigenvalue weighted by atomic mass is 32.2. The van der Waals surface area contributed by atoms with E-state index in [-0.39, 0.29) is 12.6 Å². The standard InChI is InChI=1S/C19H24N2O3S/c1-14(2)21(3)25(22,23)20-13-15-4-6-16(7-5-15)17-8-9-19-18(12-17)10-11-24-19/h4-9,12,14,20H,10-11,13H2,1-3H3. The van der Waals surface area contributed by atoms with Crippen molar-refractivity contribution in [2.24, 2.45) is 0 Å². The normalized spacial score (nSPS) is 14.0. The first-order valence-electron chi connectivity index (χ1n) is 8.44. The van der Waals surface area contributed by atoms with Crippen LogP contribution < -0.4 is 9.46 Å². The molecule has 6 heteroatoms. The number of hydrogen-bond acceptors (Lipinski definition) is 3. The summed E-state index contributed by atoms with van der Waals surface area (Å²) in [7, 11) is -1.88. The van der Waals surface area contributed by atoms with Gasteiger partial charge in [0.05, 0.1) is 6.61 Å². The van der Waals surface area contributed by atoms with E-state index in [4.69, 9.17) is 4.74 Å². The number of fused-ring (bicyclic) bond motifs is 1. The van der Waals surface area contributed by atoms with E-state index < -0.39 is 10.2 Å². The van der Waals surface area contributed by atoms with Gasteiger partial charge in [0.15, 0.2) is 0 Å². The van der Waals surface area contributed by atoms with Crippen molar-refractivity contribution in [1.29, 1.82) is 0 Å². The minimum atomic E-state index is -3.46. The molecule has 0 aliphatic carbocycles. The molecule has 0 radical (unpaired) electrons. The van der Waals surface area contributed by atoms with Gasteiger partial charge in [0.1, 0.15) is 5.75 Å². The average molecular weight is 360 g/mol. The molecule has 0 spiro atoms. The number of benzene rings is 2. The summed E-state index contributed by atoms with van der Waals surface area (Å²) in [5.74, 6) is 0.976. The minimum Gasteiger partial charge on any atom is -0.493 e. The van der Waals surface area contributed by atoms with Crippen LogP contribution in [-0.2, 0) is 23.2 Å². The van der Waals surface area contributed by atoms with Gasteiger partial charge >= 0.3 is 0 Å². The van der Waals surface area contributed by atoms with Crippen LogP contribution in [0.5, 0.6) is 5.75 Å². The monoisotopic (exact) mass is 360 g/mol. The van der Waals surface area contributed by atoms with E-state index in [1.54, 1.807) is 7.05 Å².